The Labute approximate surface area is 175 Å². The molecule has 30 heavy (non-hydrogen) atoms. The first kappa shape index (κ1) is 20.0. The summed E-state index contributed by atoms with van der Waals surface area (Å²) in [5.41, 5.74) is 2.02. The molecule has 1 aliphatic heterocycles. The summed E-state index contributed by atoms with van der Waals surface area (Å²) < 4.78 is 0. The molecule has 3 aromatic rings. The van der Waals surface area contributed by atoms with Crippen LogP contribution in [0.4, 0.5) is 5.95 Å². The van der Waals surface area contributed by atoms with Crippen molar-refractivity contribution in [1.82, 2.24) is 34.7 Å². The van der Waals surface area contributed by atoms with Gasteiger partial charge in [0.15, 0.2) is 5.82 Å². The zero-order chi connectivity index (χ0) is 20.9. The highest BCUT2D eigenvalue weighted by atomic mass is 16.1. The number of hydrogen-bond donors (Lipinski definition) is 1. The van der Waals surface area contributed by atoms with Crippen LogP contribution in [-0.2, 0) is 6.54 Å². The molecule has 4 rings (SSSR count). The van der Waals surface area contributed by atoms with E-state index in [4.69, 9.17) is 0 Å². The van der Waals surface area contributed by atoms with Crippen LogP contribution in [0.15, 0.2) is 42.7 Å². The molecule has 9 nitrogen and oxygen atoms in total. The second-order valence-corrected chi connectivity index (χ2v) is 7.32. The van der Waals surface area contributed by atoms with E-state index in [1.165, 1.54) is 0 Å². The number of carbonyl (C=O) groups excluding carboxylic acids is 1. The third kappa shape index (κ3) is 5.00. The first-order chi connectivity index (χ1) is 14.6. The van der Waals surface area contributed by atoms with E-state index in [1.807, 2.05) is 24.3 Å². The minimum atomic E-state index is -0.314. The van der Waals surface area contributed by atoms with Crippen molar-refractivity contribution in [2.24, 2.45) is 0 Å². The lowest BCUT2D eigenvalue weighted by Gasteiger charge is -2.32. The summed E-state index contributed by atoms with van der Waals surface area (Å²) in [6.45, 7) is 6.71. The Morgan fingerprint density at radius 2 is 1.87 bits per heavy atom. The number of likely N-dealkylation sites (N-methyl/N-ethyl adjacent to an activating group) is 1. The van der Waals surface area contributed by atoms with Crippen molar-refractivity contribution in [2.75, 3.05) is 38.5 Å². The van der Waals surface area contributed by atoms with Crippen LogP contribution in [0.2, 0.25) is 0 Å². The van der Waals surface area contributed by atoms with Gasteiger partial charge in [0, 0.05) is 45.1 Å². The number of anilines is 1. The maximum Gasteiger partial charge on any atom is 0.259 e. The molecule has 154 valence electrons. The molecule has 9 heteroatoms. The number of pyridine rings is 2. The molecule has 0 unspecified atom stereocenters. The molecule has 0 aliphatic carbocycles. The van der Waals surface area contributed by atoms with Crippen molar-refractivity contribution in [3.8, 4) is 11.5 Å². The van der Waals surface area contributed by atoms with Gasteiger partial charge >= 0.3 is 0 Å². The Morgan fingerprint density at radius 1 is 1.03 bits per heavy atom. The van der Waals surface area contributed by atoms with E-state index >= 15 is 0 Å². The first-order valence-corrected chi connectivity index (χ1v) is 9.88. The third-order valence-corrected chi connectivity index (χ3v) is 4.93. The number of piperazine rings is 1. The average Bonchev–Trinajstić information content (AvgIpc) is 2.76. The standard InChI is InChI=1S/C21H24N8O/c1-15-24-19(18-5-3-4-8-22-18)26-21(25-15)27-20(30)16-6-7-17(23-13-16)14-29-11-9-28(2)10-12-29/h3-8,13H,9-12,14H2,1-2H3,(H,24,25,26,27,30). The number of rotatable bonds is 5. The van der Waals surface area contributed by atoms with Crippen molar-refractivity contribution in [3.05, 3.63) is 59.8 Å². The Bertz CT molecular complexity index is 1000. The first-order valence-electron chi connectivity index (χ1n) is 9.88. The van der Waals surface area contributed by atoms with Crippen LogP contribution in [-0.4, -0.2) is 73.9 Å². The highest BCUT2D eigenvalue weighted by Gasteiger charge is 2.15. The van der Waals surface area contributed by atoms with E-state index in [0.29, 0.717) is 22.9 Å². The zero-order valence-corrected chi connectivity index (χ0v) is 17.1. The fourth-order valence-electron chi connectivity index (χ4n) is 3.21. The van der Waals surface area contributed by atoms with Crippen molar-refractivity contribution in [3.63, 3.8) is 0 Å². The molecule has 0 saturated carbocycles. The minimum absolute atomic E-state index is 0.190. The Balaban J connectivity index is 1.42. The summed E-state index contributed by atoms with van der Waals surface area (Å²) in [4.78, 5) is 38.9. The summed E-state index contributed by atoms with van der Waals surface area (Å²) in [6, 6.07) is 9.16. The van der Waals surface area contributed by atoms with Gasteiger partial charge in [-0.3, -0.25) is 25.0 Å². The Hall–Kier alpha value is -3.30. The summed E-state index contributed by atoms with van der Waals surface area (Å²) in [7, 11) is 2.14. The average molecular weight is 404 g/mol. The lowest BCUT2D eigenvalue weighted by Crippen LogP contribution is -2.44. The molecule has 0 aromatic carbocycles. The number of aromatic nitrogens is 5. The number of amides is 1. The molecule has 0 atom stereocenters. The van der Waals surface area contributed by atoms with Crippen LogP contribution in [0.3, 0.4) is 0 Å². The van der Waals surface area contributed by atoms with Gasteiger partial charge in [-0.05, 0) is 38.2 Å². The van der Waals surface area contributed by atoms with Crippen molar-refractivity contribution >= 4 is 11.9 Å². The normalized spacial score (nSPS) is 15.1. The smallest absolute Gasteiger partial charge is 0.259 e. The molecule has 3 aromatic heterocycles. The molecule has 4 heterocycles. The van der Waals surface area contributed by atoms with Gasteiger partial charge in [0.2, 0.25) is 5.95 Å². The van der Waals surface area contributed by atoms with Crippen LogP contribution >= 0.6 is 0 Å². The fourth-order valence-corrected chi connectivity index (χ4v) is 3.21. The predicted molar refractivity (Wildman–Crippen MR) is 113 cm³/mol. The van der Waals surface area contributed by atoms with Gasteiger partial charge in [0.05, 0.1) is 11.3 Å². The number of aryl methyl sites for hydroxylation is 1. The van der Waals surface area contributed by atoms with E-state index in [9.17, 15) is 4.79 Å². The fraction of sp³-hybridized carbons (Fsp3) is 0.333. The van der Waals surface area contributed by atoms with Crippen LogP contribution < -0.4 is 5.32 Å². The summed E-state index contributed by atoms with van der Waals surface area (Å²) >= 11 is 0. The maximum absolute atomic E-state index is 12.6. The summed E-state index contributed by atoms with van der Waals surface area (Å²) in [5.74, 6) is 0.793. The molecular formula is C21H24N8O. The Morgan fingerprint density at radius 3 is 2.57 bits per heavy atom. The molecule has 1 saturated heterocycles. The van der Waals surface area contributed by atoms with Gasteiger partial charge in [-0.25, -0.2) is 4.98 Å². The van der Waals surface area contributed by atoms with Crippen LogP contribution in [0.5, 0.6) is 0 Å². The van der Waals surface area contributed by atoms with Crippen molar-refractivity contribution in [1.29, 1.82) is 0 Å². The highest BCUT2D eigenvalue weighted by molar-refractivity contribution is 6.03. The SMILES string of the molecule is Cc1nc(NC(=O)c2ccc(CN3CCN(C)CC3)nc2)nc(-c2ccccn2)n1. The van der Waals surface area contributed by atoms with Crippen LogP contribution in [0, 0.1) is 6.92 Å². The van der Waals surface area contributed by atoms with E-state index in [-0.39, 0.29) is 11.9 Å². The lowest BCUT2D eigenvalue weighted by atomic mass is 10.2. The highest BCUT2D eigenvalue weighted by Crippen LogP contribution is 2.14. The molecule has 1 amide bonds. The van der Waals surface area contributed by atoms with Gasteiger partial charge in [-0.15, -0.1) is 0 Å². The second-order valence-electron chi connectivity index (χ2n) is 7.32. The number of hydrogen-bond acceptors (Lipinski definition) is 8. The van der Waals surface area contributed by atoms with E-state index in [2.05, 4.69) is 47.1 Å². The van der Waals surface area contributed by atoms with Gasteiger partial charge < -0.3 is 4.90 Å². The van der Waals surface area contributed by atoms with Gasteiger partial charge in [0.1, 0.15) is 11.5 Å². The van der Waals surface area contributed by atoms with Crippen LogP contribution in [0.25, 0.3) is 11.5 Å². The quantitative estimate of drug-likeness (QED) is 0.685. The molecule has 1 aliphatic rings. The van der Waals surface area contributed by atoms with Gasteiger partial charge in [0.25, 0.3) is 5.91 Å². The predicted octanol–water partition coefficient (Wildman–Crippen LogP) is 1.64. The summed E-state index contributed by atoms with van der Waals surface area (Å²) in [5, 5.41) is 2.73. The number of carbonyl (C=O) groups is 1. The zero-order valence-electron chi connectivity index (χ0n) is 17.1. The topological polar surface area (TPSA) is 100 Å². The molecule has 0 bridgehead atoms. The molecule has 1 N–H and O–H groups in total. The second kappa shape index (κ2) is 9.02. The minimum Gasteiger partial charge on any atom is -0.304 e. The maximum atomic E-state index is 12.6. The van der Waals surface area contributed by atoms with Gasteiger partial charge in [-0.1, -0.05) is 6.07 Å². The molecular weight excluding hydrogens is 380 g/mol. The van der Waals surface area contributed by atoms with E-state index in [0.717, 1.165) is 38.4 Å². The lowest BCUT2D eigenvalue weighted by molar-refractivity contribution is 0.102. The third-order valence-electron chi connectivity index (χ3n) is 4.93. The molecule has 0 spiro atoms. The van der Waals surface area contributed by atoms with Gasteiger partial charge in [-0.2, -0.15) is 9.97 Å². The summed E-state index contributed by atoms with van der Waals surface area (Å²) in [6.07, 6.45) is 3.26. The molecule has 1 fully saturated rings. The number of nitrogens with zero attached hydrogens (tertiary/aromatic N) is 7. The van der Waals surface area contributed by atoms with Crippen LogP contribution in [0.1, 0.15) is 21.9 Å². The van der Waals surface area contributed by atoms with E-state index in [1.54, 1.807) is 25.4 Å². The number of nitrogens with one attached hydrogen (secondary N) is 1. The van der Waals surface area contributed by atoms with Crippen molar-refractivity contribution < 1.29 is 4.79 Å². The largest absolute Gasteiger partial charge is 0.304 e. The monoisotopic (exact) mass is 404 g/mol. The molecule has 0 radical (unpaired) electrons. The Kier molecular flexibility index (Phi) is 6.01. The van der Waals surface area contributed by atoms with E-state index < -0.39 is 0 Å². The van der Waals surface area contributed by atoms with Crippen molar-refractivity contribution in [2.45, 2.75) is 13.5 Å².